The average molecular weight is 354 g/mol. The minimum Gasteiger partial charge on any atom is -0.312 e. The molecule has 136 valence electrons. The van der Waals surface area contributed by atoms with Crippen LogP contribution in [0.3, 0.4) is 0 Å². The lowest BCUT2D eigenvalue weighted by Crippen LogP contribution is -2.38. The lowest BCUT2D eigenvalue weighted by molar-refractivity contribution is -0.124. The molecular weight excluding hydrogens is 331 g/mol. The third-order valence-electron chi connectivity index (χ3n) is 4.68. The Labute approximate surface area is 153 Å². The molecule has 4 nitrogen and oxygen atoms in total. The van der Waals surface area contributed by atoms with Crippen LogP contribution in [-0.2, 0) is 9.59 Å². The summed E-state index contributed by atoms with van der Waals surface area (Å²) in [6, 6.07) is 15.4. The number of carbonyl (C=O) groups excluding carboxylic acids is 2. The summed E-state index contributed by atoms with van der Waals surface area (Å²) in [6.07, 6.45) is 2.08. The zero-order chi connectivity index (χ0) is 18.5. The van der Waals surface area contributed by atoms with E-state index in [1.165, 1.54) is 12.1 Å². The molecule has 3 rings (SSSR count). The Balaban J connectivity index is 1.77. The van der Waals surface area contributed by atoms with E-state index in [-0.39, 0.29) is 30.0 Å². The fourth-order valence-corrected chi connectivity index (χ4v) is 3.25. The maximum absolute atomic E-state index is 13.1. The second-order valence-corrected chi connectivity index (χ2v) is 6.56. The number of para-hydroxylation sites is 1. The molecule has 0 aromatic heterocycles. The molecule has 1 fully saturated rings. The van der Waals surface area contributed by atoms with E-state index in [4.69, 9.17) is 0 Å². The van der Waals surface area contributed by atoms with E-state index in [9.17, 15) is 14.0 Å². The van der Waals surface area contributed by atoms with Crippen LogP contribution in [0.15, 0.2) is 54.6 Å². The second-order valence-electron chi connectivity index (χ2n) is 6.56. The number of hydrogen-bond acceptors (Lipinski definition) is 2. The van der Waals surface area contributed by atoms with Crippen molar-refractivity contribution in [3.05, 3.63) is 60.4 Å². The Bertz CT molecular complexity index is 761. The average Bonchev–Trinajstić information content (AvgIpc) is 3.05. The monoisotopic (exact) mass is 354 g/mol. The number of anilines is 2. The van der Waals surface area contributed by atoms with Crippen molar-refractivity contribution in [2.75, 3.05) is 22.9 Å². The van der Waals surface area contributed by atoms with Gasteiger partial charge in [-0.2, -0.15) is 0 Å². The lowest BCUT2D eigenvalue weighted by atomic mass is 10.1. The first-order valence-corrected chi connectivity index (χ1v) is 9.02. The van der Waals surface area contributed by atoms with Crippen molar-refractivity contribution in [1.29, 1.82) is 0 Å². The molecule has 26 heavy (non-hydrogen) atoms. The van der Waals surface area contributed by atoms with Crippen molar-refractivity contribution in [2.24, 2.45) is 5.92 Å². The quantitative estimate of drug-likeness (QED) is 0.786. The van der Waals surface area contributed by atoms with Gasteiger partial charge in [0.2, 0.25) is 11.8 Å². The zero-order valence-corrected chi connectivity index (χ0v) is 14.9. The van der Waals surface area contributed by atoms with Gasteiger partial charge in [-0.25, -0.2) is 4.39 Å². The van der Waals surface area contributed by atoms with Gasteiger partial charge in [0.25, 0.3) is 0 Å². The van der Waals surface area contributed by atoms with Crippen LogP contribution in [0.1, 0.15) is 26.2 Å². The van der Waals surface area contributed by atoms with Crippen LogP contribution in [0.2, 0.25) is 0 Å². The Hall–Kier alpha value is -2.69. The predicted molar refractivity (Wildman–Crippen MR) is 101 cm³/mol. The SMILES string of the molecule is CCCCN(C(=O)C1CC(=O)N(c2ccc(F)cc2)C1)c1ccccc1. The lowest BCUT2D eigenvalue weighted by Gasteiger charge is -2.25. The van der Waals surface area contributed by atoms with Gasteiger partial charge in [0.1, 0.15) is 5.82 Å². The molecule has 1 unspecified atom stereocenters. The molecule has 5 heteroatoms. The second kappa shape index (κ2) is 8.13. The molecule has 2 aromatic carbocycles. The van der Waals surface area contributed by atoms with E-state index >= 15 is 0 Å². The molecule has 0 spiro atoms. The van der Waals surface area contributed by atoms with Crippen LogP contribution in [-0.4, -0.2) is 24.9 Å². The maximum Gasteiger partial charge on any atom is 0.232 e. The Morgan fingerprint density at radius 3 is 2.50 bits per heavy atom. The zero-order valence-electron chi connectivity index (χ0n) is 14.9. The molecule has 0 aliphatic carbocycles. The van der Waals surface area contributed by atoms with E-state index in [0.29, 0.717) is 18.8 Å². The van der Waals surface area contributed by atoms with Gasteiger partial charge in [-0.1, -0.05) is 31.5 Å². The van der Waals surface area contributed by atoms with E-state index in [1.54, 1.807) is 21.9 Å². The Morgan fingerprint density at radius 1 is 1.15 bits per heavy atom. The Morgan fingerprint density at radius 2 is 1.85 bits per heavy atom. The molecule has 1 aliphatic rings. The number of benzene rings is 2. The van der Waals surface area contributed by atoms with Crippen molar-refractivity contribution in [1.82, 2.24) is 0 Å². The summed E-state index contributed by atoms with van der Waals surface area (Å²) >= 11 is 0. The maximum atomic E-state index is 13.1. The van der Waals surface area contributed by atoms with Crippen molar-refractivity contribution in [2.45, 2.75) is 26.2 Å². The largest absolute Gasteiger partial charge is 0.312 e. The molecule has 2 aromatic rings. The van der Waals surface area contributed by atoms with Gasteiger partial charge in [-0.3, -0.25) is 9.59 Å². The van der Waals surface area contributed by atoms with Crippen molar-refractivity contribution in [3.8, 4) is 0 Å². The molecular formula is C21H23FN2O2. The number of rotatable bonds is 6. The summed E-state index contributed by atoms with van der Waals surface area (Å²) in [5, 5.41) is 0. The smallest absolute Gasteiger partial charge is 0.232 e. The Kier molecular flexibility index (Phi) is 5.66. The predicted octanol–water partition coefficient (Wildman–Crippen LogP) is 4.01. The third-order valence-corrected chi connectivity index (χ3v) is 4.68. The minimum absolute atomic E-state index is 0.0254. The highest BCUT2D eigenvalue weighted by Gasteiger charge is 2.37. The minimum atomic E-state index is -0.385. The fourth-order valence-electron chi connectivity index (χ4n) is 3.25. The van der Waals surface area contributed by atoms with Crippen LogP contribution in [0.25, 0.3) is 0 Å². The van der Waals surface area contributed by atoms with Gasteiger partial charge < -0.3 is 9.80 Å². The summed E-state index contributed by atoms with van der Waals surface area (Å²) in [5.41, 5.74) is 1.49. The van der Waals surface area contributed by atoms with Gasteiger partial charge in [0, 0.05) is 30.9 Å². The standard InChI is InChI=1S/C21H23FN2O2/c1-2-3-13-23(18-7-5-4-6-8-18)21(26)16-14-20(25)24(15-16)19-11-9-17(22)10-12-19/h4-12,16H,2-3,13-15H2,1H3. The van der Waals surface area contributed by atoms with Crippen LogP contribution in [0.5, 0.6) is 0 Å². The molecule has 0 N–H and O–H groups in total. The van der Waals surface area contributed by atoms with Crippen molar-refractivity contribution >= 4 is 23.2 Å². The van der Waals surface area contributed by atoms with Gasteiger partial charge in [0.05, 0.1) is 5.92 Å². The number of unbranched alkanes of at least 4 members (excludes halogenated alkanes) is 1. The van der Waals surface area contributed by atoms with Gasteiger partial charge in [0.15, 0.2) is 0 Å². The van der Waals surface area contributed by atoms with E-state index in [2.05, 4.69) is 6.92 Å². The number of carbonyl (C=O) groups is 2. The van der Waals surface area contributed by atoms with E-state index in [1.807, 2.05) is 30.3 Å². The number of nitrogens with zero attached hydrogens (tertiary/aromatic N) is 2. The first-order valence-electron chi connectivity index (χ1n) is 9.02. The highest BCUT2D eigenvalue weighted by molar-refractivity contribution is 6.04. The number of halogens is 1. The summed E-state index contributed by atoms with van der Waals surface area (Å²) < 4.78 is 13.1. The molecule has 2 amide bonds. The number of amides is 2. The molecule has 0 bridgehead atoms. The first-order chi connectivity index (χ1) is 12.6. The number of hydrogen-bond donors (Lipinski definition) is 0. The summed E-state index contributed by atoms with van der Waals surface area (Å²) in [6.45, 7) is 3.06. The molecule has 1 aliphatic heterocycles. The van der Waals surface area contributed by atoms with E-state index in [0.717, 1.165) is 18.5 Å². The summed E-state index contributed by atoms with van der Waals surface area (Å²) in [4.78, 5) is 28.9. The summed E-state index contributed by atoms with van der Waals surface area (Å²) in [5.74, 6) is -0.853. The molecule has 1 heterocycles. The highest BCUT2D eigenvalue weighted by atomic mass is 19.1. The molecule has 1 saturated heterocycles. The van der Waals surface area contributed by atoms with Crippen LogP contribution in [0.4, 0.5) is 15.8 Å². The van der Waals surface area contributed by atoms with Crippen LogP contribution < -0.4 is 9.80 Å². The van der Waals surface area contributed by atoms with Gasteiger partial charge in [-0.05, 0) is 42.8 Å². The molecule has 0 saturated carbocycles. The topological polar surface area (TPSA) is 40.6 Å². The molecule has 1 atom stereocenters. The summed E-state index contributed by atoms with van der Waals surface area (Å²) in [7, 11) is 0. The fraction of sp³-hybridized carbons (Fsp3) is 0.333. The van der Waals surface area contributed by atoms with E-state index < -0.39 is 0 Å². The van der Waals surface area contributed by atoms with Crippen LogP contribution >= 0.6 is 0 Å². The normalized spacial score (nSPS) is 16.8. The van der Waals surface area contributed by atoms with Crippen molar-refractivity contribution in [3.63, 3.8) is 0 Å². The van der Waals surface area contributed by atoms with Crippen LogP contribution in [0, 0.1) is 11.7 Å². The first kappa shape index (κ1) is 18.1. The third kappa shape index (κ3) is 3.93. The highest BCUT2D eigenvalue weighted by Crippen LogP contribution is 2.28. The molecule has 0 radical (unpaired) electrons. The van der Waals surface area contributed by atoms with Gasteiger partial charge in [-0.15, -0.1) is 0 Å². The van der Waals surface area contributed by atoms with Crippen molar-refractivity contribution < 1.29 is 14.0 Å². The van der Waals surface area contributed by atoms with Gasteiger partial charge >= 0.3 is 0 Å².